The average Bonchev–Trinajstić information content (AvgIpc) is 2.04. The summed E-state index contributed by atoms with van der Waals surface area (Å²) in [6.07, 6.45) is 3.89. The van der Waals surface area contributed by atoms with E-state index in [9.17, 15) is 4.79 Å². The zero-order chi connectivity index (χ0) is 9.14. The van der Waals surface area contributed by atoms with E-state index in [2.05, 4.69) is 4.90 Å². The van der Waals surface area contributed by atoms with E-state index in [0.717, 1.165) is 25.7 Å². The van der Waals surface area contributed by atoms with E-state index in [0.29, 0.717) is 6.04 Å². The van der Waals surface area contributed by atoms with Gasteiger partial charge in [0.2, 0.25) is 0 Å². The van der Waals surface area contributed by atoms with Crippen LogP contribution < -0.4 is 0 Å². The number of halogens is 1. The summed E-state index contributed by atoms with van der Waals surface area (Å²) in [6.45, 7) is 0. The van der Waals surface area contributed by atoms with Crippen LogP contribution in [-0.2, 0) is 4.79 Å². The lowest BCUT2D eigenvalue weighted by molar-refractivity contribution is -0.143. The van der Waals surface area contributed by atoms with Crippen molar-refractivity contribution < 1.29 is 9.90 Å². The Morgan fingerprint density at radius 2 is 2.00 bits per heavy atom. The second kappa shape index (κ2) is 5.45. The van der Waals surface area contributed by atoms with Crippen LogP contribution in [0.25, 0.3) is 0 Å². The number of aliphatic carboxylic acids is 1. The second-order valence-corrected chi connectivity index (χ2v) is 3.82. The molecule has 1 fully saturated rings. The van der Waals surface area contributed by atoms with E-state index in [4.69, 9.17) is 5.11 Å². The van der Waals surface area contributed by atoms with Crippen LogP contribution in [0.4, 0.5) is 0 Å². The van der Waals surface area contributed by atoms with Crippen LogP contribution in [0.3, 0.4) is 0 Å². The van der Waals surface area contributed by atoms with Gasteiger partial charge in [0.1, 0.15) is 0 Å². The number of rotatable bonds is 2. The Morgan fingerprint density at radius 1 is 1.38 bits per heavy atom. The average molecular weight is 208 g/mol. The van der Waals surface area contributed by atoms with Crippen molar-refractivity contribution in [1.82, 2.24) is 4.90 Å². The van der Waals surface area contributed by atoms with Crippen LogP contribution in [0, 0.1) is 5.92 Å². The predicted octanol–water partition coefficient (Wildman–Crippen LogP) is 1.61. The van der Waals surface area contributed by atoms with Crippen LogP contribution in [0.2, 0.25) is 0 Å². The predicted molar refractivity (Wildman–Crippen MR) is 54.3 cm³/mol. The molecule has 0 aromatic heterocycles. The Hall–Kier alpha value is -0.280. The molecule has 0 amide bonds. The summed E-state index contributed by atoms with van der Waals surface area (Å²) in [6, 6.07) is 0.472. The molecule has 0 bridgehead atoms. The van der Waals surface area contributed by atoms with Gasteiger partial charge in [-0.3, -0.25) is 4.79 Å². The van der Waals surface area contributed by atoms with Gasteiger partial charge in [0, 0.05) is 6.04 Å². The molecule has 0 spiro atoms. The summed E-state index contributed by atoms with van der Waals surface area (Å²) in [5.74, 6) is -0.729. The van der Waals surface area contributed by atoms with E-state index < -0.39 is 5.97 Å². The lowest BCUT2D eigenvalue weighted by atomic mass is 9.85. The highest BCUT2D eigenvalue weighted by molar-refractivity contribution is 5.85. The number of carbonyl (C=O) groups is 1. The maximum absolute atomic E-state index is 10.7. The molecule has 13 heavy (non-hydrogen) atoms. The Bertz CT molecular complexity index is 173. The van der Waals surface area contributed by atoms with Crippen molar-refractivity contribution in [2.75, 3.05) is 14.1 Å². The molecule has 1 N–H and O–H groups in total. The third-order valence-electron chi connectivity index (χ3n) is 2.73. The minimum Gasteiger partial charge on any atom is -0.481 e. The smallest absolute Gasteiger partial charge is 0.306 e. The third-order valence-corrected chi connectivity index (χ3v) is 2.73. The molecule has 2 atom stereocenters. The molecule has 78 valence electrons. The highest BCUT2D eigenvalue weighted by atomic mass is 35.5. The molecule has 0 unspecified atom stereocenters. The molecule has 0 aliphatic heterocycles. The standard InChI is InChI=1S/C9H17NO2.ClH/c1-10(2)8-5-3-4-7(6-8)9(11)12;/h7-8H,3-6H2,1-2H3,(H,11,12);1H/t7-,8-;/m1./s1. The van der Waals surface area contributed by atoms with Gasteiger partial charge in [-0.2, -0.15) is 0 Å². The first-order chi connectivity index (χ1) is 5.61. The molecular formula is C9H18ClNO2. The van der Waals surface area contributed by atoms with Gasteiger partial charge < -0.3 is 10.0 Å². The fourth-order valence-electron chi connectivity index (χ4n) is 1.86. The number of carboxylic acids is 1. The van der Waals surface area contributed by atoms with Gasteiger partial charge in [0.25, 0.3) is 0 Å². The summed E-state index contributed by atoms with van der Waals surface area (Å²) in [5, 5.41) is 8.82. The zero-order valence-electron chi connectivity index (χ0n) is 8.19. The first kappa shape index (κ1) is 12.7. The van der Waals surface area contributed by atoms with Crippen LogP contribution in [0.1, 0.15) is 25.7 Å². The largest absolute Gasteiger partial charge is 0.481 e. The fourth-order valence-corrected chi connectivity index (χ4v) is 1.86. The van der Waals surface area contributed by atoms with Crippen molar-refractivity contribution >= 4 is 18.4 Å². The fraction of sp³-hybridized carbons (Fsp3) is 0.889. The highest BCUT2D eigenvalue weighted by Crippen LogP contribution is 2.26. The van der Waals surface area contributed by atoms with Gasteiger partial charge in [-0.15, -0.1) is 12.4 Å². The molecule has 0 aromatic carbocycles. The normalized spacial score (nSPS) is 28.2. The van der Waals surface area contributed by atoms with E-state index in [1.165, 1.54) is 0 Å². The van der Waals surface area contributed by atoms with Gasteiger partial charge >= 0.3 is 5.97 Å². The summed E-state index contributed by atoms with van der Waals surface area (Å²) < 4.78 is 0. The molecule has 1 aliphatic rings. The molecule has 0 saturated heterocycles. The molecule has 0 aromatic rings. The number of hydrogen-bond donors (Lipinski definition) is 1. The quantitative estimate of drug-likeness (QED) is 0.748. The van der Waals surface area contributed by atoms with Crippen molar-refractivity contribution in [1.29, 1.82) is 0 Å². The molecule has 3 nitrogen and oxygen atoms in total. The Balaban J connectivity index is 0.00000144. The van der Waals surface area contributed by atoms with Crippen molar-refractivity contribution in [3.8, 4) is 0 Å². The Labute approximate surface area is 85.5 Å². The van der Waals surface area contributed by atoms with Crippen molar-refractivity contribution in [3.05, 3.63) is 0 Å². The van der Waals surface area contributed by atoms with E-state index >= 15 is 0 Å². The number of nitrogens with zero attached hydrogens (tertiary/aromatic N) is 1. The van der Waals surface area contributed by atoms with E-state index in [1.807, 2.05) is 14.1 Å². The van der Waals surface area contributed by atoms with E-state index in [1.54, 1.807) is 0 Å². The molecule has 0 radical (unpaired) electrons. The van der Waals surface area contributed by atoms with Crippen LogP contribution in [-0.4, -0.2) is 36.1 Å². The number of hydrogen-bond acceptors (Lipinski definition) is 2. The summed E-state index contributed by atoms with van der Waals surface area (Å²) in [4.78, 5) is 12.8. The van der Waals surface area contributed by atoms with Gasteiger partial charge in [-0.05, 0) is 33.4 Å². The lowest BCUT2D eigenvalue weighted by Crippen LogP contribution is -2.35. The van der Waals surface area contributed by atoms with Crippen molar-refractivity contribution in [2.24, 2.45) is 5.92 Å². The van der Waals surface area contributed by atoms with Gasteiger partial charge in [0.15, 0.2) is 0 Å². The first-order valence-electron chi connectivity index (χ1n) is 4.50. The molecule has 1 aliphatic carbocycles. The highest BCUT2D eigenvalue weighted by Gasteiger charge is 2.27. The van der Waals surface area contributed by atoms with Crippen molar-refractivity contribution in [2.45, 2.75) is 31.7 Å². The summed E-state index contributed by atoms with van der Waals surface area (Å²) in [5.41, 5.74) is 0. The van der Waals surface area contributed by atoms with E-state index in [-0.39, 0.29) is 18.3 Å². The monoisotopic (exact) mass is 207 g/mol. The molecule has 1 saturated carbocycles. The lowest BCUT2D eigenvalue weighted by Gasteiger charge is -2.31. The van der Waals surface area contributed by atoms with Crippen LogP contribution in [0.5, 0.6) is 0 Å². The third kappa shape index (κ3) is 3.53. The molecular weight excluding hydrogens is 190 g/mol. The minimum atomic E-state index is -0.624. The van der Waals surface area contributed by atoms with Crippen LogP contribution >= 0.6 is 12.4 Å². The zero-order valence-corrected chi connectivity index (χ0v) is 9.01. The SMILES string of the molecule is CN(C)[C@@H]1CCC[C@@H](C(=O)O)C1.Cl. The summed E-state index contributed by atoms with van der Waals surface area (Å²) in [7, 11) is 4.05. The summed E-state index contributed by atoms with van der Waals surface area (Å²) >= 11 is 0. The Kier molecular flexibility index (Phi) is 5.33. The molecule has 4 heteroatoms. The molecule has 0 heterocycles. The van der Waals surface area contributed by atoms with Gasteiger partial charge in [-0.25, -0.2) is 0 Å². The van der Waals surface area contributed by atoms with Crippen molar-refractivity contribution in [3.63, 3.8) is 0 Å². The number of carboxylic acid groups (broad SMARTS) is 1. The topological polar surface area (TPSA) is 40.5 Å². The molecule has 1 rings (SSSR count). The van der Waals surface area contributed by atoms with Gasteiger partial charge in [-0.1, -0.05) is 6.42 Å². The minimum absolute atomic E-state index is 0. The Morgan fingerprint density at radius 3 is 2.46 bits per heavy atom. The van der Waals surface area contributed by atoms with Crippen LogP contribution in [0.15, 0.2) is 0 Å². The second-order valence-electron chi connectivity index (χ2n) is 3.82. The van der Waals surface area contributed by atoms with Gasteiger partial charge in [0.05, 0.1) is 5.92 Å². The first-order valence-corrected chi connectivity index (χ1v) is 4.50. The maximum atomic E-state index is 10.7. The maximum Gasteiger partial charge on any atom is 0.306 e.